The molecule has 2 aromatic carbocycles. The summed E-state index contributed by atoms with van der Waals surface area (Å²) in [7, 11) is 3.04. The Labute approximate surface area is 250 Å². The van der Waals surface area contributed by atoms with Crippen LogP contribution in [-0.2, 0) is 9.53 Å². The summed E-state index contributed by atoms with van der Waals surface area (Å²) in [4.78, 5) is 19.2. The van der Waals surface area contributed by atoms with E-state index in [1.807, 2.05) is 54.6 Å². The van der Waals surface area contributed by atoms with Crippen LogP contribution >= 0.6 is 23.8 Å². The van der Waals surface area contributed by atoms with E-state index in [9.17, 15) is 4.79 Å². The number of thiocarbonyl (C=S) groups is 1. The van der Waals surface area contributed by atoms with E-state index < -0.39 is 0 Å². The summed E-state index contributed by atoms with van der Waals surface area (Å²) in [5.74, 6) is 0.247. The molecule has 2 aromatic heterocycles. The van der Waals surface area contributed by atoms with Crippen LogP contribution in [0, 0.1) is 20.8 Å². The lowest BCUT2D eigenvalue weighted by Crippen LogP contribution is -2.29. The molecule has 2 N–H and O–H groups in total. The van der Waals surface area contributed by atoms with Gasteiger partial charge in [-0.1, -0.05) is 23.7 Å². The first-order chi connectivity index (χ1) is 19.7. The molecule has 8 nitrogen and oxygen atoms in total. The molecule has 10 heteroatoms. The molecule has 1 amide bonds. The summed E-state index contributed by atoms with van der Waals surface area (Å²) in [5.41, 5.74) is 7.56. The van der Waals surface area contributed by atoms with E-state index in [-0.39, 0.29) is 24.6 Å². The molecule has 4 aromatic rings. The molecule has 0 radical (unpaired) electrons. The van der Waals surface area contributed by atoms with Crippen molar-refractivity contribution in [1.82, 2.24) is 14.9 Å². The normalized spacial score (nSPS) is 16.5. The smallest absolute Gasteiger partial charge is 0.250 e. The van der Waals surface area contributed by atoms with Gasteiger partial charge in [0.05, 0.1) is 30.6 Å². The number of ether oxygens (including phenoxy) is 2. The molecular weight excluding hydrogens is 558 g/mol. The van der Waals surface area contributed by atoms with Crippen molar-refractivity contribution >= 4 is 46.2 Å². The lowest BCUT2D eigenvalue weighted by Gasteiger charge is -2.29. The van der Waals surface area contributed by atoms with Crippen molar-refractivity contribution < 1.29 is 14.3 Å². The van der Waals surface area contributed by atoms with E-state index in [1.54, 1.807) is 13.3 Å². The van der Waals surface area contributed by atoms with Gasteiger partial charge in [0.25, 0.3) is 0 Å². The zero-order valence-electron chi connectivity index (χ0n) is 23.6. The van der Waals surface area contributed by atoms with Crippen molar-refractivity contribution in [2.75, 3.05) is 31.0 Å². The highest BCUT2D eigenvalue weighted by molar-refractivity contribution is 7.80. The topological polar surface area (TPSA) is 80.7 Å². The third-order valence-corrected chi connectivity index (χ3v) is 7.86. The lowest BCUT2D eigenvalue weighted by atomic mass is 9.96. The monoisotopic (exact) mass is 589 g/mol. The second-order valence-electron chi connectivity index (χ2n) is 9.96. The average molecular weight is 590 g/mol. The number of nitrogens with zero attached hydrogens (tertiary/aromatic N) is 3. The highest BCUT2D eigenvalue weighted by atomic mass is 35.5. The first-order valence-corrected chi connectivity index (χ1v) is 13.9. The van der Waals surface area contributed by atoms with Gasteiger partial charge in [-0.3, -0.25) is 9.78 Å². The van der Waals surface area contributed by atoms with Gasteiger partial charge in [0.2, 0.25) is 5.91 Å². The van der Waals surface area contributed by atoms with E-state index in [4.69, 9.17) is 33.3 Å². The summed E-state index contributed by atoms with van der Waals surface area (Å²) in [6.07, 6.45) is 1.79. The molecule has 2 atom stereocenters. The van der Waals surface area contributed by atoms with Crippen molar-refractivity contribution in [2.45, 2.75) is 32.9 Å². The Balaban J connectivity index is 1.66. The second kappa shape index (κ2) is 11.9. The third-order valence-electron chi connectivity index (χ3n) is 7.31. The van der Waals surface area contributed by atoms with Crippen LogP contribution in [0.25, 0.3) is 5.69 Å². The van der Waals surface area contributed by atoms with Crippen LogP contribution in [0.5, 0.6) is 5.75 Å². The number of halogens is 1. The van der Waals surface area contributed by atoms with Gasteiger partial charge < -0.3 is 29.6 Å². The number of carbonyl (C=O) groups excluding carboxylic acids is 1. The Hall–Kier alpha value is -3.92. The number of amides is 1. The van der Waals surface area contributed by atoms with Crippen LogP contribution < -0.4 is 20.3 Å². The number of anilines is 2. The predicted octanol–water partition coefficient (Wildman–Crippen LogP) is 6.22. The van der Waals surface area contributed by atoms with Gasteiger partial charge in [0.15, 0.2) is 5.11 Å². The molecule has 1 aliphatic heterocycles. The van der Waals surface area contributed by atoms with Crippen LogP contribution in [0.15, 0.2) is 66.9 Å². The van der Waals surface area contributed by atoms with E-state index >= 15 is 0 Å². The minimum Gasteiger partial charge on any atom is -0.495 e. The molecule has 1 saturated heterocycles. The lowest BCUT2D eigenvalue weighted by molar-refractivity contribution is -0.119. The number of aryl methyl sites for hydroxylation is 2. The summed E-state index contributed by atoms with van der Waals surface area (Å²) in [6.45, 7) is 6.21. The Morgan fingerprint density at radius 2 is 1.90 bits per heavy atom. The van der Waals surface area contributed by atoms with Gasteiger partial charge in [-0.2, -0.15) is 0 Å². The number of rotatable bonds is 8. The van der Waals surface area contributed by atoms with E-state index in [0.29, 0.717) is 21.6 Å². The molecule has 41 heavy (non-hydrogen) atoms. The van der Waals surface area contributed by atoms with E-state index in [1.165, 1.54) is 7.11 Å². The fourth-order valence-electron chi connectivity index (χ4n) is 5.49. The molecule has 1 aliphatic rings. The molecule has 0 aliphatic carbocycles. The van der Waals surface area contributed by atoms with Crippen LogP contribution in [0.4, 0.5) is 11.4 Å². The zero-order valence-corrected chi connectivity index (χ0v) is 25.1. The molecule has 212 valence electrons. The van der Waals surface area contributed by atoms with Crippen molar-refractivity contribution in [2.24, 2.45) is 0 Å². The largest absolute Gasteiger partial charge is 0.495 e. The minimum absolute atomic E-state index is 0.0731. The summed E-state index contributed by atoms with van der Waals surface area (Å²) in [5, 5.41) is 7.63. The Kier molecular flexibility index (Phi) is 8.30. The first kappa shape index (κ1) is 28.6. The third kappa shape index (κ3) is 5.53. The highest BCUT2D eigenvalue weighted by Gasteiger charge is 2.42. The number of nitrogens with one attached hydrogen (secondary N) is 2. The van der Waals surface area contributed by atoms with Crippen molar-refractivity contribution in [3.05, 3.63) is 100 Å². The quantitative estimate of drug-likeness (QED) is 0.236. The molecule has 0 spiro atoms. The second-order valence-corrected chi connectivity index (χ2v) is 10.8. The number of carbonyl (C=O) groups is 1. The van der Waals surface area contributed by atoms with Crippen LogP contribution in [0.1, 0.15) is 40.3 Å². The van der Waals surface area contributed by atoms with Gasteiger partial charge in [-0.25, -0.2) is 0 Å². The maximum Gasteiger partial charge on any atom is 0.250 e. The predicted molar refractivity (Wildman–Crippen MR) is 166 cm³/mol. The number of hydrogen-bond acceptors (Lipinski definition) is 5. The maximum atomic E-state index is 12.4. The number of hydrogen-bond donors (Lipinski definition) is 2. The molecule has 0 saturated carbocycles. The Morgan fingerprint density at radius 1 is 1.10 bits per heavy atom. The fourth-order valence-corrected chi connectivity index (χ4v) is 6.00. The molecular formula is C31H32ClN5O3S. The van der Waals surface area contributed by atoms with Crippen molar-refractivity contribution in [1.29, 1.82) is 0 Å². The maximum absolute atomic E-state index is 12.4. The summed E-state index contributed by atoms with van der Waals surface area (Å²) >= 11 is 12.4. The number of benzene rings is 2. The van der Waals surface area contributed by atoms with Crippen LogP contribution in [-0.4, -0.2) is 41.4 Å². The summed E-state index contributed by atoms with van der Waals surface area (Å²) in [6, 6.07) is 19.2. The van der Waals surface area contributed by atoms with E-state index in [0.717, 1.165) is 39.6 Å². The van der Waals surface area contributed by atoms with Crippen LogP contribution in [0.2, 0.25) is 5.02 Å². The first-order valence-electron chi connectivity index (χ1n) is 13.2. The highest BCUT2D eigenvalue weighted by Crippen LogP contribution is 2.45. The van der Waals surface area contributed by atoms with Gasteiger partial charge in [-0.05, 0) is 92.6 Å². The molecule has 5 rings (SSSR count). The van der Waals surface area contributed by atoms with Crippen LogP contribution in [0.3, 0.4) is 0 Å². The van der Waals surface area contributed by atoms with Gasteiger partial charge in [0.1, 0.15) is 12.4 Å². The fraction of sp³-hybridized carbons (Fsp3) is 0.258. The Bertz CT molecular complexity index is 1610. The van der Waals surface area contributed by atoms with Gasteiger partial charge in [0, 0.05) is 41.1 Å². The number of pyridine rings is 1. The molecule has 3 heterocycles. The van der Waals surface area contributed by atoms with Gasteiger partial charge >= 0.3 is 0 Å². The Morgan fingerprint density at radius 3 is 2.61 bits per heavy atom. The summed E-state index contributed by atoms with van der Waals surface area (Å²) < 4.78 is 12.8. The number of methoxy groups -OCH3 is 2. The van der Waals surface area contributed by atoms with Gasteiger partial charge in [-0.15, -0.1) is 0 Å². The van der Waals surface area contributed by atoms with Crippen molar-refractivity contribution in [3.8, 4) is 11.4 Å². The molecule has 1 fully saturated rings. The number of aromatic nitrogens is 2. The minimum atomic E-state index is -0.284. The molecule has 0 unspecified atom stereocenters. The standard InChI is InChI=1S/C31H32ClN5O3S/c1-18-9-10-21(32)15-26(18)36-19(2)14-23(20(36)3)30-29(24-8-6-7-13-33-24)35-31(41)37(30)22-11-12-27(40-5)25(16-22)34-28(38)17-39-4/h6-16,29-30H,17H2,1-5H3,(H,34,38)(H,35,41)/t29-,30-/m1/s1. The average Bonchev–Trinajstić information content (AvgIpc) is 3.45. The zero-order chi connectivity index (χ0) is 29.3. The van der Waals surface area contributed by atoms with Crippen molar-refractivity contribution in [3.63, 3.8) is 0 Å². The molecule has 0 bridgehead atoms. The SMILES string of the molecule is COCC(=O)Nc1cc(N2C(=S)N[C@H](c3ccccn3)[C@H]2c2cc(C)n(-c3cc(Cl)ccc3C)c2C)ccc1OC. The van der Waals surface area contributed by atoms with E-state index in [2.05, 4.69) is 51.9 Å².